The molecule has 0 aromatic heterocycles. The van der Waals surface area contributed by atoms with E-state index < -0.39 is 11.7 Å². The fraction of sp³-hybridized carbons (Fsp3) is 0.591. The third-order valence-electron chi connectivity index (χ3n) is 4.58. The molecule has 0 aliphatic carbocycles. The molecule has 3 amide bonds. The van der Waals surface area contributed by atoms with Crippen LogP contribution >= 0.6 is 0 Å². The van der Waals surface area contributed by atoms with Crippen molar-refractivity contribution in [3.63, 3.8) is 0 Å². The Balaban J connectivity index is 1.70. The van der Waals surface area contributed by atoms with Crippen molar-refractivity contribution in [1.29, 1.82) is 0 Å². The second kappa shape index (κ2) is 10.8. The van der Waals surface area contributed by atoms with Gasteiger partial charge in [0.05, 0.1) is 13.0 Å². The number of benzene rings is 1. The molecule has 1 heterocycles. The first-order chi connectivity index (χ1) is 14.2. The van der Waals surface area contributed by atoms with E-state index in [0.717, 1.165) is 11.3 Å². The number of ether oxygens (including phenoxy) is 2. The Bertz CT molecular complexity index is 719. The molecule has 1 saturated heterocycles. The van der Waals surface area contributed by atoms with E-state index in [9.17, 15) is 14.4 Å². The number of piperazine rings is 1. The lowest BCUT2D eigenvalue weighted by molar-refractivity contribution is -0.139. The molecule has 8 nitrogen and oxygen atoms in total. The van der Waals surface area contributed by atoms with Gasteiger partial charge in [-0.3, -0.25) is 9.59 Å². The van der Waals surface area contributed by atoms with Gasteiger partial charge in [0.25, 0.3) is 0 Å². The highest BCUT2D eigenvalue weighted by Gasteiger charge is 2.24. The molecule has 0 radical (unpaired) electrons. The summed E-state index contributed by atoms with van der Waals surface area (Å²) in [7, 11) is 0. The van der Waals surface area contributed by atoms with Crippen LogP contribution in [0.4, 0.5) is 4.79 Å². The van der Waals surface area contributed by atoms with E-state index >= 15 is 0 Å². The van der Waals surface area contributed by atoms with Gasteiger partial charge in [0.1, 0.15) is 11.4 Å². The van der Waals surface area contributed by atoms with Crippen molar-refractivity contribution in [3.05, 3.63) is 29.8 Å². The smallest absolute Gasteiger partial charge is 0.407 e. The summed E-state index contributed by atoms with van der Waals surface area (Å²) >= 11 is 0. The van der Waals surface area contributed by atoms with Gasteiger partial charge in [0.2, 0.25) is 11.8 Å². The van der Waals surface area contributed by atoms with Crippen LogP contribution < -0.4 is 10.1 Å². The van der Waals surface area contributed by atoms with Crippen molar-refractivity contribution in [3.8, 4) is 5.75 Å². The molecule has 0 saturated carbocycles. The molecule has 0 spiro atoms. The Kier molecular flexibility index (Phi) is 8.50. The molecule has 30 heavy (non-hydrogen) atoms. The van der Waals surface area contributed by atoms with Gasteiger partial charge in [0, 0.05) is 39.1 Å². The van der Waals surface area contributed by atoms with Gasteiger partial charge in [-0.25, -0.2) is 4.79 Å². The number of hydrogen-bond donors (Lipinski definition) is 1. The Labute approximate surface area is 178 Å². The number of carbonyl (C=O) groups is 3. The van der Waals surface area contributed by atoms with Gasteiger partial charge >= 0.3 is 6.09 Å². The van der Waals surface area contributed by atoms with Gasteiger partial charge in [0.15, 0.2) is 0 Å². The van der Waals surface area contributed by atoms with Crippen molar-refractivity contribution in [1.82, 2.24) is 15.1 Å². The maximum absolute atomic E-state index is 12.5. The molecule has 8 heteroatoms. The van der Waals surface area contributed by atoms with E-state index in [1.165, 1.54) is 0 Å². The van der Waals surface area contributed by atoms with E-state index in [1.807, 2.05) is 31.2 Å². The van der Waals surface area contributed by atoms with Gasteiger partial charge in [-0.2, -0.15) is 0 Å². The number of hydrogen-bond acceptors (Lipinski definition) is 5. The first-order valence-electron chi connectivity index (χ1n) is 10.4. The summed E-state index contributed by atoms with van der Waals surface area (Å²) in [6.07, 6.45) is 0.0134. The minimum absolute atomic E-state index is 0.0373. The van der Waals surface area contributed by atoms with Crippen molar-refractivity contribution in [2.24, 2.45) is 0 Å². The highest BCUT2D eigenvalue weighted by atomic mass is 16.6. The minimum Gasteiger partial charge on any atom is -0.494 e. The Morgan fingerprint density at radius 1 is 0.967 bits per heavy atom. The SMILES string of the molecule is CCOc1ccc(CC(=O)N2CCN(C(=O)CCNC(=O)OC(C)(C)C)CC2)cc1. The van der Waals surface area contributed by atoms with E-state index in [4.69, 9.17) is 9.47 Å². The fourth-order valence-corrected chi connectivity index (χ4v) is 3.11. The number of nitrogens with one attached hydrogen (secondary N) is 1. The number of rotatable bonds is 7. The van der Waals surface area contributed by atoms with Gasteiger partial charge in [-0.1, -0.05) is 12.1 Å². The summed E-state index contributed by atoms with van der Waals surface area (Å²) in [6.45, 7) is 10.2. The monoisotopic (exact) mass is 419 g/mol. The molecule has 1 fully saturated rings. The summed E-state index contributed by atoms with van der Waals surface area (Å²) < 4.78 is 10.6. The summed E-state index contributed by atoms with van der Waals surface area (Å²) in [5.41, 5.74) is 0.373. The second-order valence-electron chi connectivity index (χ2n) is 8.19. The van der Waals surface area contributed by atoms with Crippen molar-refractivity contribution in [2.45, 2.75) is 46.1 Å². The lowest BCUT2D eigenvalue weighted by atomic mass is 10.1. The Morgan fingerprint density at radius 2 is 1.53 bits per heavy atom. The highest BCUT2D eigenvalue weighted by Crippen LogP contribution is 2.14. The lowest BCUT2D eigenvalue weighted by Crippen LogP contribution is -2.51. The zero-order valence-electron chi connectivity index (χ0n) is 18.4. The third kappa shape index (κ3) is 7.93. The molecule has 1 aromatic carbocycles. The second-order valence-corrected chi connectivity index (χ2v) is 8.19. The summed E-state index contributed by atoms with van der Waals surface area (Å²) in [5, 5.41) is 2.59. The summed E-state index contributed by atoms with van der Waals surface area (Å²) in [6, 6.07) is 7.54. The quantitative estimate of drug-likeness (QED) is 0.732. The fourth-order valence-electron chi connectivity index (χ4n) is 3.11. The number of amides is 3. The molecule has 1 N–H and O–H groups in total. The van der Waals surface area contributed by atoms with Crippen LogP contribution in [-0.4, -0.2) is 72.6 Å². The number of nitrogens with zero attached hydrogens (tertiary/aromatic N) is 2. The van der Waals surface area contributed by atoms with Crippen LogP contribution in [0, 0.1) is 0 Å². The van der Waals surface area contributed by atoms with Crippen molar-refractivity contribution in [2.75, 3.05) is 39.3 Å². The highest BCUT2D eigenvalue weighted by molar-refractivity contribution is 5.80. The molecule has 166 valence electrons. The van der Waals surface area contributed by atoms with Crippen LogP contribution in [0.1, 0.15) is 39.7 Å². The first kappa shape index (κ1) is 23.5. The zero-order chi connectivity index (χ0) is 22.1. The molecule has 2 rings (SSSR count). The molecule has 0 unspecified atom stereocenters. The standard InChI is InChI=1S/C22H33N3O5/c1-5-29-18-8-6-17(7-9-18)16-20(27)25-14-12-24(13-15-25)19(26)10-11-23-21(28)30-22(2,3)4/h6-9H,5,10-16H2,1-4H3,(H,23,28). The molecule has 0 bridgehead atoms. The average molecular weight is 420 g/mol. The van der Waals surface area contributed by atoms with Crippen LogP contribution in [0.25, 0.3) is 0 Å². The maximum Gasteiger partial charge on any atom is 0.407 e. The molecular formula is C22H33N3O5. The van der Waals surface area contributed by atoms with E-state index in [2.05, 4.69) is 5.32 Å². The largest absolute Gasteiger partial charge is 0.494 e. The minimum atomic E-state index is -0.567. The molecule has 1 aromatic rings. The Hall–Kier alpha value is -2.77. The molecule has 1 aliphatic rings. The maximum atomic E-state index is 12.5. The lowest BCUT2D eigenvalue weighted by Gasteiger charge is -2.35. The predicted octanol–water partition coefficient (Wildman–Crippen LogP) is 2.21. The van der Waals surface area contributed by atoms with Crippen LogP contribution in [0.5, 0.6) is 5.75 Å². The summed E-state index contributed by atoms with van der Waals surface area (Å²) in [5.74, 6) is 0.810. The van der Waals surface area contributed by atoms with Gasteiger partial charge < -0.3 is 24.6 Å². The third-order valence-corrected chi connectivity index (χ3v) is 4.58. The summed E-state index contributed by atoms with van der Waals surface area (Å²) in [4.78, 5) is 40.0. The normalized spacial score (nSPS) is 14.3. The van der Waals surface area contributed by atoms with Crippen LogP contribution in [-0.2, 0) is 20.7 Å². The number of carbonyl (C=O) groups excluding carboxylic acids is 3. The molecule has 1 aliphatic heterocycles. The van der Waals surface area contributed by atoms with E-state index in [1.54, 1.807) is 30.6 Å². The Morgan fingerprint density at radius 3 is 2.07 bits per heavy atom. The number of alkyl carbamates (subject to hydrolysis) is 1. The molecule has 0 atom stereocenters. The van der Waals surface area contributed by atoms with Crippen LogP contribution in [0.15, 0.2) is 24.3 Å². The zero-order valence-corrected chi connectivity index (χ0v) is 18.4. The average Bonchev–Trinajstić information content (AvgIpc) is 2.68. The van der Waals surface area contributed by atoms with Crippen LogP contribution in [0.3, 0.4) is 0 Å². The molecular weight excluding hydrogens is 386 g/mol. The van der Waals surface area contributed by atoms with Crippen LogP contribution in [0.2, 0.25) is 0 Å². The van der Waals surface area contributed by atoms with Crippen molar-refractivity contribution < 1.29 is 23.9 Å². The first-order valence-corrected chi connectivity index (χ1v) is 10.4. The predicted molar refractivity (Wildman–Crippen MR) is 113 cm³/mol. The van der Waals surface area contributed by atoms with E-state index in [0.29, 0.717) is 39.2 Å². The van der Waals surface area contributed by atoms with E-state index in [-0.39, 0.29) is 24.8 Å². The van der Waals surface area contributed by atoms with Gasteiger partial charge in [-0.05, 0) is 45.4 Å². The van der Waals surface area contributed by atoms with Crippen molar-refractivity contribution >= 4 is 17.9 Å². The van der Waals surface area contributed by atoms with Gasteiger partial charge in [-0.15, -0.1) is 0 Å². The topological polar surface area (TPSA) is 88.2 Å².